The number of allylic oxidation sites excluding steroid dienone is 3. The molecule has 2 fully saturated rings. The molecule has 1 aliphatic heterocycles. The van der Waals surface area contributed by atoms with Gasteiger partial charge in [0.05, 0.1) is 19.8 Å². The molecule has 3 aliphatic rings. The number of oxazole rings is 1. The van der Waals surface area contributed by atoms with Crippen molar-refractivity contribution < 1.29 is 40.6 Å². The van der Waals surface area contributed by atoms with E-state index in [0.29, 0.717) is 29.9 Å². The zero-order chi connectivity index (χ0) is 29.9. The molecule has 4 N–H and O–H groups in total. The number of hydrogen-bond donors (Lipinski definition) is 3. The summed E-state index contributed by atoms with van der Waals surface area (Å²) in [6, 6.07) is 1.81. The number of fused-ring (bicyclic) bond motifs is 1. The van der Waals surface area contributed by atoms with Crippen LogP contribution < -0.4 is 16.4 Å². The zero-order valence-electron chi connectivity index (χ0n) is 22.9. The molecule has 13 heteroatoms. The van der Waals surface area contributed by atoms with E-state index in [1.165, 1.54) is 0 Å². The molecule has 2 aromatic rings. The van der Waals surface area contributed by atoms with E-state index in [4.69, 9.17) is 19.6 Å². The molecule has 8 nitrogen and oxygen atoms in total. The smallest absolute Gasteiger partial charge is 0.407 e. The quantitative estimate of drug-likeness (QED) is 0.300. The Morgan fingerprint density at radius 3 is 2.55 bits per heavy atom. The third-order valence-electron chi connectivity index (χ3n) is 8.17. The topological polar surface area (TPSA) is 112 Å². The van der Waals surface area contributed by atoms with Gasteiger partial charge in [0.15, 0.2) is 5.58 Å². The molecule has 2 aliphatic carbocycles. The lowest BCUT2D eigenvalue weighted by molar-refractivity contribution is -0.147. The Kier molecular flexibility index (Phi) is 9.19. The molecule has 1 saturated heterocycles. The molecule has 42 heavy (non-hydrogen) atoms. The highest BCUT2D eigenvalue weighted by Gasteiger charge is 2.41. The fourth-order valence-corrected chi connectivity index (χ4v) is 5.55. The van der Waals surface area contributed by atoms with Crippen molar-refractivity contribution in [2.75, 3.05) is 26.4 Å². The Labute approximate surface area is 239 Å². The van der Waals surface area contributed by atoms with Gasteiger partial charge >= 0.3 is 12.3 Å². The van der Waals surface area contributed by atoms with Crippen molar-refractivity contribution in [3.63, 3.8) is 0 Å². The van der Waals surface area contributed by atoms with Gasteiger partial charge < -0.3 is 30.3 Å². The van der Waals surface area contributed by atoms with Gasteiger partial charge in [-0.1, -0.05) is 30.4 Å². The molecule has 0 bridgehead atoms. The predicted molar refractivity (Wildman–Crippen MR) is 144 cm³/mol. The van der Waals surface area contributed by atoms with E-state index in [0.717, 1.165) is 6.42 Å². The minimum absolute atomic E-state index is 0.0450. The number of carbonyl (C=O) groups is 1. The summed E-state index contributed by atoms with van der Waals surface area (Å²) in [5.41, 5.74) is 6.81. The molecular formula is C29H35F5N4O4. The monoisotopic (exact) mass is 598 g/mol. The molecule has 4 atom stereocenters. The summed E-state index contributed by atoms with van der Waals surface area (Å²) in [7, 11) is 0. The molecule has 0 spiro atoms. The number of ether oxygens (including phenoxy) is 2. The average Bonchev–Trinajstić information content (AvgIpc) is 3.35. The summed E-state index contributed by atoms with van der Waals surface area (Å²) in [5.74, 6) is -2.97. The van der Waals surface area contributed by atoms with Crippen LogP contribution in [0.2, 0.25) is 0 Å². The first-order valence-electron chi connectivity index (χ1n) is 14.2. The normalized spacial score (nSPS) is 23.3. The minimum atomic E-state index is -4.53. The number of alkyl halides is 5. The van der Waals surface area contributed by atoms with Crippen LogP contribution in [0.5, 0.6) is 0 Å². The van der Waals surface area contributed by atoms with Gasteiger partial charge in [0.2, 0.25) is 11.8 Å². The number of nitrogens with one attached hydrogen (secondary N) is 2. The van der Waals surface area contributed by atoms with E-state index >= 15 is 0 Å². The van der Waals surface area contributed by atoms with Gasteiger partial charge in [-0.2, -0.15) is 13.2 Å². The lowest BCUT2D eigenvalue weighted by atomic mass is 9.82. The predicted octanol–water partition coefficient (Wildman–Crippen LogP) is 5.72. The summed E-state index contributed by atoms with van der Waals surface area (Å²) < 4.78 is 83.7. The maximum atomic E-state index is 13.9. The van der Waals surface area contributed by atoms with Crippen LogP contribution >= 0.6 is 0 Å². The largest absolute Gasteiger partial charge is 0.449 e. The third-order valence-corrected chi connectivity index (χ3v) is 8.17. The van der Waals surface area contributed by atoms with Gasteiger partial charge in [0.25, 0.3) is 0 Å². The Balaban J connectivity index is 1.34. The number of nitrogens with zero attached hydrogens (tertiary/aromatic N) is 1. The van der Waals surface area contributed by atoms with E-state index in [9.17, 15) is 26.7 Å². The number of rotatable bonds is 10. The van der Waals surface area contributed by atoms with Crippen LogP contribution in [-0.2, 0) is 9.47 Å². The van der Waals surface area contributed by atoms with Crippen LogP contribution in [-0.4, -0.2) is 55.6 Å². The van der Waals surface area contributed by atoms with Crippen LogP contribution in [0.15, 0.2) is 46.9 Å². The summed E-state index contributed by atoms with van der Waals surface area (Å²) in [6.45, 7) is 0.458. The van der Waals surface area contributed by atoms with Gasteiger partial charge in [-0.3, -0.25) is 0 Å². The van der Waals surface area contributed by atoms with Crippen LogP contribution in [0.1, 0.15) is 55.6 Å². The maximum Gasteiger partial charge on any atom is 0.407 e. The average molecular weight is 599 g/mol. The molecule has 230 valence electrons. The van der Waals surface area contributed by atoms with Gasteiger partial charge in [0, 0.05) is 37.3 Å². The first-order chi connectivity index (χ1) is 20.0. The van der Waals surface area contributed by atoms with Crippen LogP contribution in [0.3, 0.4) is 0 Å². The highest BCUT2D eigenvalue weighted by molar-refractivity contribution is 5.74. The minimum Gasteiger partial charge on any atom is -0.449 e. The zero-order valence-corrected chi connectivity index (χ0v) is 22.9. The SMILES string of the molecule is N[C@@H](CNC(c1ccc2oc(C(NC(=O)OCC3C=CC=CC3)C3CCC(F)(F)CC3)nc2c1)C1COC1)C(F)(F)F. The lowest BCUT2D eigenvalue weighted by Crippen LogP contribution is -2.49. The summed E-state index contributed by atoms with van der Waals surface area (Å²) in [6.07, 6.45) is 2.92. The van der Waals surface area contributed by atoms with Crippen molar-refractivity contribution in [2.24, 2.45) is 23.5 Å². The molecule has 5 rings (SSSR count). The van der Waals surface area contributed by atoms with Crippen LogP contribution in [0.4, 0.5) is 26.7 Å². The molecule has 2 heterocycles. The van der Waals surface area contributed by atoms with Gasteiger partial charge in [-0.15, -0.1) is 0 Å². The van der Waals surface area contributed by atoms with Gasteiger partial charge in [0.1, 0.15) is 17.6 Å². The van der Waals surface area contributed by atoms with Gasteiger partial charge in [-0.25, -0.2) is 18.6 Å². The van der Waals surface area contributed by atoms with E-state index < -0.39 is 42.9 Å². The first kappa shape index (κ1) is 30.4. The second kappa shape index (κ2) is 12.7. The van der Waals surface area contributed by atoms with Crippen molar-refractivity contribution in [3.8, 4) is 0 Å². The molecule has 1 aromatic carbocycles. The number of carbonyl (C=O) groups excluding carboxylic acids is 1. The van der Waals surface area contributed by atoms with Crippen LogP contribution in [0.25, 0.3) is 11.1 Å². The van der Waals surface area contributed by atoms with Gasteiger partial charge in [-0.05, 0) is 42.9 Å². The van der Waals surface area contributed by atoms with Crippen molar-refractivity contribution in [2.45, 2.75) is 62.3 Å². The fourth-order valence-electron chi connectivity index (χ4n) is 5.55. The third kappa shape index (κ3) is 7.48. The first-order valence-corrected chi connectivity index (χ1v) is 14.2. The summed E-state index contributed by atoms with van der Waals surface area (Å²) in [5, 5.41) is 5.73. The Hall–Kier alpha value is -3.03. The molecule has 1 aromatic heterocycles. The molecule has 3 unspecified atom stereocenters. The number of alkyl carbamates (subject to hydrolysis) is 1. The number of aromatic nitrogens is 1. The van der Waals surface area contributed by atoms with Crippen molar-refractivity contribution in [1.29, 1.82) is 0 Å². The molecule has 0 radical (unpaired) electrons. The van der Waals surface area contributed by atoms with Crippen molar-refractivity contribution >= 4 is 17.2 Å². The highest BCUT2D eigenvalue weighted by Crippen LogP contribution is 2.42. The van der Waals surface area contributed by atoms with Crippen LogP contribution in [0, 0.1) is 17.8 Å². The van der Waals surface area contributed by atoms with Crippen molar-refractivity contribution in [1.82, 2.24) is 15.6 Å². The molecule has 1 amide bonds. The van der Waals surface area contributed by atoms with E-state index in [-0.39, 0.29) is 55.9 Å². The summed E-state index contributed by atoms with van der Waals surface area (Å²) >= 11 is 0. The highest BCUT2D eigenvalue weighted by atomic mass is 19.4. The standard InChI is InChI=1S/C29H35F5N4O4/c30-28(31)10-8-18(9-11-28)25(38-27(39)41-14-17-4-2-1-3-5-17)26-37-21-12-19(6-7-22(21)42-26)24(20-15-40-16-20)36-13-23(35)29(32,33)34/h1-4,6-7,12,17-18,20,23-25,36H,5,8-11,13-16,35H2,(H,38,39)/t17?,23-,24?,25?/m0/s1. The number of halogens is 5. The number of benzene rings is 1. The fraction of sp³-hybridized carbons (Fsp3) is 0.586. The molecule has 1 saturated carbocycles. The number of hydrogen-bond acceptors (Lipinski definition) is 7. The molecular weight excluding hydrogens is 563 g/mol. The summed E-state index contributed by atoms with van der Waals surface area (Å²) in [4.78, 5) is 17.4. The Morgan fingerprint density at radius 2 is 1.90 bits per heavy atom. The van der Waals surface area contributed by atoms with E-state index in [1.807, 2.05) is 24.3 Å². The Bertz CT molecular complexity index is 1280. The second-order valence-electron chi connectivity index (χ2n) is 11.3. The second-order valence-corrected chi connectivity index (χ2v) is 11.3. The van der Waals surface area contributed by atoms with E-state index in [1.54, 1.807) is 18.2 Å². The number of nitrogens with two attached hydrogens (primary N) is 1. The van der Waals surface area contributed by atoms with Crippen molar-refractivity contribution in [3.05, 3.63) is 54.0 Å². The number of amides is 1. The Morgan fingerprint density at radius 1 is 1.14 bits per heavy atom. The van der Waals surface area contributed by atoms with E-state index in [2.05, 4.69) is 15.6 Å². The lowest BCUT2D eigenvalue weighted by Gasteiger charge is -2.35. The maximum absolute atomic E-state index is 13.9.